The largest absolute Gasteiger partial charge is 0.380 e. The second-order valence-electron chi connectivity index (χ2n) is 3.05. The van der Waals surface area contributed by atoms with Crippen LogP contribution in [0.25, 0.3) is 0 Å². The molecule has 4 unspecified atom stereocenters. The Bertz CT molecular complexity index is 127. The van der Waals surface area contributed by atoms with E-state index in [1.807, 2.05) is 0 Å². The first-order valence-electron chi connectivity index (χ1n) is 4.02. The van der Waals surface area contributed by atoms with Gasteiger partial charge in [0.15, 0.2) is 0 Å². The van der Waals surface area contributed by atoms with Crippen LogP contribution in [-0.4, -0.2) is 37.2 Å². The molecule has 1 aliphatic carbocycles. The minimum absolute atomic E-state index is 0.0231. The zero-order valence-electron chi connectivity index (χ0n) is 7.30. The maximum absolute atomic E-state index is 6.06. The predicted molar refractivity (Wildman–Crippen MR) is 50.1 cm³/mol. The van der Waals surface area contributed by atoms with E-state index in [4.69, 9.17) is 32.7 Å². The molecule has 0 spiro atoms. The zero-order valence-corrected chi connectivity index (χ0v) is 8.81. The molecule has 12 heavy (non-hydrogen) atoms. The first kappa shape index (κ1) is 10.6. The minimum atomic E-state index is 0.0231. The van der Waals surface area contributed by atoms with Crippen LogP contribution in [0.4, 0.5) is 0 Å². The number of halogens is 2. The van der Waals surface area contributed by atoms with Crippen LogP contribution in [0, 0.1) is 0 Å². The summed E-state index contributed by atoms with van der Waals surface area (Å²) in [6.07, 6.45) is 1.68. The van der Waals surface area contributed by atoms with Gasteiger partial charge in [0, 0.05) is 14.2 Å². The normalized spacial score (nSPS) is 43.0. The average molecular weight is 213 g/mol. The van der Waals surface area contributed by atoms with E-state index in [0.717, 1.165) is 12.8 Å². The maximum atomic E-state index is 6.06. The lowest BCUT2D eigenvalue weighted by Gasteiger charge is -2.34. The highest BCUT2D eigenvalue weighted by atomic mass is 35.5. The van der Waals surface area contributed by atoms with Crippen LogP contribution in [0.5, 0.6) is 0 Å². The third-order valence-electron chi connectivity index (χ3n) is 2.33. The molecule has 1 saturated carbocycles. The van der Waals surface area contributed by atoms with Crippen LogP contribution < -0.4 is 0 Å². The second-order valence-corrected chi connectivity index (χ2v) is 4.17. The van der Waals surface area contributed by atoms with Crippen molar-refractivity contribution in [2.75, 3.05) is 14.2 Å². The van der Waals surface area contributed by atoms with Gasteiger partial charge in [-0.15, -0.1) is 23.2 Å². The Balaban J connectivity index is 2.49. The van der Waals surface area contributed by atoms with Crippen molar-refractivity contribution in [1.82, 2.24) is 0 Å². The molecule has 1 aliphatic rings. The maximum Gasteiger partial charge on any atom is 0.0750 e. The molecule has 0 bridgehead atoms. The highest BCUT2D eigenvalue weighted by molar-refractivity contribution is 6.23. The summed E-state index contributed by atoms with van der Waals surface area (Å²) in [4.78, 5) is 0. The van der Waals surface area contributed by atoms with Crippen LogP contribution >= 0.6 is 23.2 Å². The lowest BCUT2D eigenvalue weighted by molar-refractivity contribution is 0.0106. The summed E-state index contributed by atoms with van der Waals surface area (Å²) in [6, 6.07) is 0. The quantitative estimate of drug-likeness (QED) is 0.653. The van der Waals surface area contributed by atoms with Crippen LogP contribution in [0.1, 0.15) is 12.8 Å². The van der Waals surface area contributed by atoms with Crippen LogP contribution in [0.3, 0.4) is 0 Å². The SMILES string of the molecule is COC1CC(Cl)C(OC)CC1Cl. The fourth-order valence-corrected chi connectivity index (χ4v) is 2.29. The molecule has 0 aliphatic heterocycles. The predicted octanol–water partition coefficient (Wildman–Crippen LogP) is 2.02. The Labute approximate surface area is 83.1 Å². The summed E-state index contributed by atoms with van der Waals surface area (Å²) in [5.41, 5.74) is 0. The third-order valence-corrected chi connectivity index (χ3v) is 3.25. The first-order valence-corrected chi connectivity index (χ1v) is 4.90. The molecule has 0 radical (unpaired) electrons. The first-order chi connectivity index (χ1) is 5.69. The standard InChI is InChI=1S/C8H14Cl2O2/c1-11-7-3-6(10)8(12-2)4-5(7)9/h5-8H,3-4H2,1-2H3. The van der Waals surface area contributed by atoms with Gasteiger partial charge in [0.25, 0.3) is 0 Å². The Morgan fingerprint density at radius 2 is 1.25 bits per heavy atom. The van der Waals surface area contributed by atoms with E-state index >= 15 is 0 Å². The van der Waals surface area contributed by atoms with E-state index in [0.29, 0.717) is 0 Å². The molecule has 0 N–H and O–H groups in total. The Morgan fingerprint density at radius 3 is 1.50 bits per heavy atom. The lowest BCUT2D eigenvalue weighted by Crippen LogP contribution is -2.41. The molecule has 1 rings (SSSR count). The van der Waals surface area contributed by atoms with Gasteiger partial charge in [-0.3, -0.25) is 0 Å². The van der Waals surface area contributed by atoms with E-state index in [-0.39, 0.29) is 23.0 Å². The minimum Gasteiger partial charge on any atom is -0.380 e. The molecule has 1 fully saturated rings. The summed E-state index contributed by atoms with van der Waals surface area (Å²) >= 11 is 12.1. The summed E-state index contributed by atoms with van der Waals surface area (Å²) in [6.45, 7) is 0. The molecule has 0 heterocycles. The van der Waals surface area contributed by atoms with Gasteiger partial charge in [0.1, 0.15) is 0 Å². The Hall–Kier alpha value is 0.500. The molecule has 0 amide bonds. The number of hydrogen-bond donors (Lipinski definition) is 0. The summed E-state index contributed by atoms with van der Waals surface area (Å²) in [5.74, 6) is 0. The highest BCUT2D eigenvalue weighted by Gasteiger charge is 2.35. The van der Waals surface area contributed by atoms with Crippen molar-refractivity contribution < 1.29 is 9.47 Å². The van der Waals surface area contributed by atoms with E-state index in [1.54, 1.807) is 14.2 Å². The second kappa shape index (κ2) is 4.66. The van der Waals surface area contributed by atoms with Gasteiger partial charge in [-0.1, -0.05) is 0 Å². The van der Waals surface area contributed by atoms with Gasteiger partial charge in [-0.2, -0.15) is 0 Å². The van der Waals surface area contributed by atoms with Crippen molar-refractivity contribution in [3.8, 4) is 0 Å². The van der Waals surface area contributed by atoms with Gasteiger partial charge in [-0.25, -0.2) is 0 Å². The number of methoxy groups -OCH3 is 2. The molecule has 0 saturated heterocycles. The van der Waals surface area contributed by atoms with Crippen LogP contribution in [0.15, 0.2) is 0 Å². The molecule has 0 aromatic rings. The Kier molecular flexibility index (Phi) is 4.11. The van der Waals surface area contributed by atoms with Crippen molar-refractivity contribution in [2.24, 2.45) is 0 Å². The highest BCUT2D eigenvalue weighted by Crippen LogP contribution is 2.30. The monoisotopic (exact) mass is 212 g/mol. The molecule has 4 heteroatoms. The smallest absolute Gasteiger partial charge is 0.0750 e. The van der Waals surface area contributed by atoms with Gasteiger partial charge in [0.05, 0.1) is 23.0 Å². The van der Waals surface area contributed by atoms with Gasteiger partial charge >= 0.3 is 0 Å². The summed E-state index contributed by atoms with van der Waals surface area (Å²) < 4.78 is 10.4. The Morgan fingerprint density at radius 1 is 0.917 bits per heavy atom. The molecule has 4 atom stereocenters. The third kappa shape index (κ3) is 2.25. The van der Waals surface area contributed by atoms with E-state index in [2.05, 4.69) is 0 Å². The van der Waals surface area contributed by atoms with Crippen LogP contribution in [0.2, 0.25) is 0 Å². The topological polar surface area (TPSA) is 18.5 Å². The summed E-state index contributed by atoms with van der Waals surface area (Å²) in [7, 11) is 3.33. The average Bonchev–Trinajstić information content (AvgIpc) is 2.08. The molecular weight excluding hydrogens is 199 g/mol. The van der Waals surface area contributed by atoms with Crippen molar-refractivity contribution in [3.05, 3.63) is 0 Å². The van der Waals surface area contributed by atoms with E-state index in [9.17, 15) is 0 Å². The molecule has 72 valence electrons. The van der Waals surface area contributed by atoms with Crippen molar-refractivity contribution in [3.63, 3.8) is 0 Å². The van der Waals surface area contributed by atoms with Crippen molar-refractivity contribution >= 4 is 23.2 Å². The van der Waals surface area contributed by atoms with E-state index in [1.165, 1.54) is 0 Å². The molecule has 2 nitrogen and oxygen atoms in total. The number of hydrogen-bond acceptors (Lipinski definition) is 2. The van der Waals surface area contributed by atoms with Crippen molar-refractivity contribution in [2.45, 2.75) is 35.8 Å². The molecule has 0 aromatic carbocycles. The molecular formula is C8H14Cl2O2. The van der Waals surface area contributed by atoms with E-state index < -0.39 is 0 Å². The van der Waals surface area contributed by atoms with Crippen LogP contribution in [-0.2, 0) is 9.47 Å². The lowest BCUT2D eigenvalue weighted by atomic mass is 9.94. The molecule has 0 aromatic heterocycles. The number of rotatable bonds is 2. The number of ether oxygens (including phenoxy) is 2. The fourth-order valence-electron chi connectivity index (χ4n) is 1.53. The van der Waals surface area contributed by atoms with Gasteiger partial charge in [0.2, 0.25) is 0 Å². The van der Waals surface area contributed by atoms with Crippen molar-refractivity contribution in [1.29, 1.82) is 0 Å². The van der Waals surface area contributed by atoms with Gasteiger partial charge in [-0.05, 0) is 12.8 Å². The zero-order chi connectivity index (χ0) is 9.14. The summed E-state index contributed by atoms with van der Waals surface area (Å²) in [5, 5.41) is 0.0462. The van der Waals surface area contributed by atoms with Gasteiger partial charge < -0.3 is 9.47 Å². The fraction of sp³-hybridized carbons (Fsp3) is 1.00. The number of alkyl halides is 2.